The highest BCUT2D eigenvalue weighted by Crippen LogP contribution is 2.12. The lowest BCUT2D eigenvalue weighted by Gasteiger charge is -2.07. The molecule has 0 amide bonds. The van der Waals surface area contributed by atoms with Gasteiger partial charge in [-0.1, -0.05) is 83.3 Å². The van der Waals surface area contributed by atoms with Gasteiger partial charge in [-0.2, -0.15) is 0 Å². The standard InChI is InChI=1S/C18H35NO2/c1-2-3-4-5-6-7-8-9-10-11-12-13-14-15-18(21)17(19)16-20/h14-18,21H,2-13,19H2,1H3/t17-,18-/m1/s1. The zero-order valence-corrected chi connectivity index (χ0v) is 13.8. The van der Waals surface area contributed by atoms with Gasteiger partial charge < -0.3 is 15.6 Å². The number of aliphatic hydroxyl groups is 1. The molecule has 0 aliphatic rings. The number of hydrogen-bond donors (Lipinski definition) is 2. The lowest BCUT2D eigenvalue weighted by atomic mass is 10.0. The minimum Gasteiger partial charge on any atom is -0.387 e. The highest BCUT2D eigenvalue weighted by atomic mass is 16.3. The van der Waals surface area contributed by atoms with Gasteiger partial charge in [0.15, 0.2) is 0 Å². The second-order valence-electron chi connectivity index (χ2n) is 5.96. The van der Waals surface area contributed by atoms with Crippen molar-refractivity contribution in [1.82, 2.24) is 0 Å². The van der Waals surface area contributed by atoms with E-state index in [0.29, 0.717) is 6.29 Å². The van der Waals surface area contributed by atoms with Crippen molar-refractivity contribution < 1.29 is 9.90 Å². The summed E-state index contributed by atoms with van der Waals surface area (Å²) >= 11 is 0. The Morgan fingerprint density at radius 3 is 1.86 bits per heavy atom. The average Bonchev–Trinajstić information content (AvgIpc) is 2.50. The molecule has 0 saturated heterocycles. The van der Waals surface area contributed by atoms with E-state index in [1.165, 1.54) is 64.2 Å². The molecule has 0 aromatic carbocycles. The van der Waals surface area contributed by atoms with Gasteiger partial charge >= 0.3 is 0 Å². The van der Waals surface area contributed by atoms with E-state index in [0.717, 1.165) is 12.8 Å². The quantitative estimate of drug-likeness (QED) is 0.271. The Morgan fingerprint density at radius 1 is 0.905 bits per heavy atom. The molecule has 0 spiro atoms. The molecule has 0 saturated carbocycles. The largest absolute Gasteiger partial charge is 0.387 e. The number of aldehydes is 1. The SMILES string of the molecule is CCCCCCCCCCCCCC=C[C@@H](O)[C@H](N)C=O. The first kappa shape index (κ1) is 20.3. The number of rotatable bonds is 15. The topological polar surface area (TPSA) is 63.3 Å². The van der Waals surface area contributed by atoms with Crippen LogP contribution in [0.2, 0.25) is 0 Å². The van der Waals surface area contributed by atoms with Gasteiger partial charge in [0.1, 0.15) is 6.29 Å². The lowest BCUT2D eigenvalue weighted by molar-refractivity contribution is -0.110. The Hall–Kier alpha value is -0.670. The van der Waals surface area contributed by atoms with Crippen LogP contribution in [0.3, 0.4) is 0 Å². The summed E-state index contributed by atoms with van der Waals surface area (Å²) in [6, 6.07) is -0.793. The molecule has 0 radical (unpaired) electrons. The second-order valence-corrected chi connectivity index (χ2v) is 5.96. The first-order valence-corrected chi connectivity index (χ1v) is 8.78. The summed E-state index contributed by atoms with van der Waals surface area (Å²) in [6.07, 6.45) is 19.0. The summed E-state index contributed by atoms with van der Waals surface area (Å²) in [5.74, 6) is 0. The third-order valence-electron chi connectivity index (χ3n) is 3.86. The molecule has 0 unspecified atom stereocenters. The van der Waals surface area contributed by atoms with Crippen molar-refractivity contribution in [2.45, 2.75) is 96.1 Å². The van der Waals surface area contributed by atoms with E-state index in [-0.39, 0.29) is 0 Å². The predicted molar refractivity (Wildman–Crippen MR) is 90.3 cm³/mol. The molecule has 2 atom stereocenters. The van der Waals surface area contributed by atoms with E-state index in [4.69, 9.17) is 5.73 Å². The van der Waals surface area contributed by atoms with Gasteiger partial charge in [0.2, 0.25) is 0 Å². The van der Waals surface area contributed by atoms with Gasteiger partial charge in [-0.3, -0.25) is 0 Å². The van der Waals surface area contributed by atoms with Gasteiger partial charge in [-0.05, 0) is 12.8 Å². The molecule has 0 fully saturated rings. The monoisotopic (exact) mass is 297 g/mol. The molecule has 124 valence electrons. The molecule has 0 bridgehead atoms. The van der Waals surface area contributed by atoms with Crippen molar-refractivity contribution in [2.75, 3.05) is 0 Å². The van der Waals surface area contributed by atoms with Crippen LogP contribution in [0, 0.1) is 0 Å². The zero-order chi connectivity index (χ0) is 15.8. The fraction of sp³-hybridized carbons (Fsp3) is 0.833. The van der Waals surface area contributed by atoms with Crippen LogP contribution in [0.5, 0.6) is 0 Å². The molecular weight excluding hydrogens is 262 g/mol. The van der Waals surface area contributed by atoms with Crippen LogP contribution in [0.4, 0.5) is 0 Å². The summed E-state index contributed by atoms with van der Waals surface area (Å²) in [5, 5.41) is 9.45. The molecule has 0 aromatic rings. The van der Waals surface area contributed by atoms with Gasteiger partial charge in [-0.25, -0.2) is 0 Å². The summed E-state index contributed by atoms with van der Waals surface area (Å²) in [4.78, 5) is 10.4. The van der Waals surface area contributed by atoms with Crippen molar-refractivity contribution >= 4 is 6.29 Å². The summed E-state index contributed by atoms with van der Waals surface area (Å²) in [7, 11) is 0. The summed E-state index contributed by atoms with van der Waals surface area (Å²) in [5.41, 5.74) is 5.39. The average molecular weight is 297 g/mol. The van der Waals surface area contributed by atoms with E-state index in [1.54, 1.807) is 6.08 Å². The molecule has 0 aromatic heterocycles. The Balaban J connectivity index is 3.22. The van der Waals surface area contributed by atoms with Gasteiger partial charge in [0, 0.05) is 0 Å². The van der Waals surface area contributed by atoms with Gasteiger partial charge in [-0.15, -0.1) is 0 Å². The second kappa shape index (κ2) is 15.7. The highest BCUT2D eigenvalue weighted by Gasteiger charge is 2.08. The molecule has 0 rings (SSSR count). The van der Waals surface area contributed by atoms with Gasteiger partial charge in [0.25, 0.3) is 0 Å². The first-order chi connectivity index (χ1) is 10.2. The molecule has 3 nitrogen and oxygen atoms in total. The molecule has 21 heavy (non-hydrogen) atoms. The van der Waals surface area contributed by atoms with E-state index in [1.807, 2.05) is 6.08 Å². The Labute approximate surface area is 131 Å². The molecule has 0 heterocycles. The number of carbonyl (C=O) groups excluding carboxylic acids is 1. The minimum absolute atomic E-state index is 0.581. The number of carbonyl (C=O) groups is 1. The summed E-state index contributed by atoms with van der Waals surface area (Å²) < 4.78 is 0. The Kier molecular flexibility index (Phi) is 15.2. The van der Waals surface area contributed by atoms with Crippen LogP contribution in [0.15, 0.2) is 12.2 Å². The Bertz CT molecular complexity index is 254. The third-order valence-corrected chi connectivity index (χ3v) is 3.86. The van der Waals surface area contributed by atoms with Crippen LogP contribution in [0.1, 0.15) is 84.0 Å². The normalized spacial score (nSPS) is 14.4. The molecule has 0 aliphatic carbocycles. The Morgan fingerprint density at radius 2 is 1.38 bits per heavy atom. The smallest absolute Gasteiger partial charge is 0.139 e. The van der Waals surface area contributed by atoms with E-state index in [9.17, 15) is 9.90 Å². The fourth-order valence-corrected chi connectivity index (χ4v) is 2.37. The van der Waals surface area contributed by atoms with Crippen LogP contribution in [0.25, 0.3) is 0 Å². The van der Waals surface area contributed by atoms with E-state index < -0.39 is 12.1 Å². The molecular formula is C18H35NO2. The van der Waals surface area contributed by atoms with Crippen molar-refractivity contribution in [3.63, 3.8) is 0 Å². The van der Waals surface area contributed by atoms with Crippen LogP contribution in [-0.2, 0) is 4.79 Å². The van der Waals surface area contributed by atoms with Gasteiger partial charge in [0.05, 0.1) is 12.1 Å². The highest BCUT2D eigenvalue weighted by molar-refractivity contribution is 5.58. The van der Waals surface area contributed by atoms with E-state index in [2.05, 4.69) is 6.92 Å². The first-order valence-electron chi connectivity index (χ1n) is 8.78. The minimum atomic E-state index is -0.838. The van der Waals surface area contributed by atoms with Crippen molar-refractivity contribution in [1.29, 1.82) is 0 Å². The molecule has 3 heteroatoms. The van der Waals surface area contributed by atoms with Crippen LogP contribution >= 0.6 is 0 Å². The van der Waals surface area contributed by atoms with Crippen LogP contribution in [-0.4, -0.2) is 23.5 Å². The molecule has 3 N–H and O–H groups in total. The van der Waals surface area contributed by atoms with Crippen LogP contribution < -0.4 is 5.73 Å². The number of nitrogens with two attached hydrogens (primary N) is 1. The number of aliphatic hydroxyl groups excluding tert-OH is 1. The maximum absolute atomic E-state index is 10.4. The third kappa shape index (κ3) is 14.0. The zero-order valence-electron chi connectivity index (χ0n) is 13.8. The summed E-state index contributed by atoms with van der Waals surface area (Å²) in [6.45, 7) is 2.26. The predicted octanol–water partition coefficient (Wildman–Crippen LogP) is 4.13. The van der Waals surface area contributed by atoms with Crippen molar-refractivity contribution in [2.24, 2.45) is 5.73 Å². The maximum Gasteiger partial charge on any atom is 0.139 e. The maximum atomic E-state index is 10.4. The van der Waals surface area contributed by atoms with Crippen molar-refractivity contribution in [3.05, 3.63) is 12.2 Å². The lowest BCUT2D eigenvalue weighted by Crippen LogP contribution is -2.34. The molecule has 0 aliphatic heterocycles. The van der Waals surface area contributed by atoms with E-state index >= 15 is 0 Å². The fourth-order valence-electron chi connectivity index (χ4n) is 2.37. The number of unbranched alkanes of at least 4 members (excludes halogenated alkanes) is 11. The number of hydrogen-bond acceptors (Lipinski definition) is 3. The number of allylic oxidation sites excluding steroid dienone is 1. The van der Waals surface area contributed by atoms with Crippen molar-refractivity contribution in [3.8, 4) is 0 Å².